The Kier molecular flexibility index (Phi) is 6.18. The number of hydrogen-bond acceptors (Lipinski definition) is 3. The average molecular weight is 473 g/mol. The lowest BCUT2D eigenvalue weighted by atomic mass is 9.85. The molecule has 0 saturated carbocycles. The summed E-state index contributed by atoms with van der Waals surface area (Å²) in [5, 5.41) is 3.07. The average Bonchev–Trinajstić information content (AvgIpc) is 3.19. The van der Waals surface area contributed by atoms with E-state index in [1.54, 1.807) is 11.9 Å². The van der Waals surface area contributed by atoms with Crippen molar-refractivity contribution in [1.29, 1.82) is 0 Å². The van der Waals surface area contributed by atoms with Crippen molar-refractivity contribution in [2.24, 2.45) is 0 Å². The Morgan fingerprint density at radius 2 is 1.60 bits per heavy atom. The summed E-state index contributed by atoms with van der Waals surface area (Å²) in [5.74, 6) is 0.0678. The van der Waals surface area contributed by atoms with E-state index in [4.69, 9.17) is 0 Å². The van der Waals surface area contributed by atoms with Crippen LogP contribution in [0, 0.1) is 0 Å². The summed E-state index contributed by atoms with van der Waals surface area (Å²) in [7, 11) is 1.77. The number of amides is 3. The number of carbonyl (C=O) groups is 2. The monoisotopic (exact) mass is 472 g/mol. The number of likely N-dealkylation sites (tertiary alicyclic amines) is 1. The largest absolute Gasteiger partial charge is 0.330 e. The molecule has 1 unspecified atom stereocenters. The first-order valence-corrected chi connectivity index (χ1v) is 12.7. The summed E-state index contributed by atoms with van der Waals surface area (Å²) in [6.07, 6.45) is 1.91. The molecular formula is C29H36N4O2. The molecular weight excluding hydrogens is 436 g/mol. The van der Waals surface area contributed by atoms with Crippen LogP contribution in [0.15, 0.2) is 65.9 Å². The van der Waals surface area contributed by atoms with Crippen molar-refractivity contribution in [3.05, 3.63) is 82.6 Å². The fourth-order valence-electron chi connectivity index (χ4n) is 5.54. The molecule has 3 heterocycles. The zero-order chi connectivity index (χ0) is 24.7. The number of hydrogen-bond donors (Lipinski definition) is 1. The zero-order valence-electron chi connectivity index (χ0n) is 21.3. The van der Waals surface area contributed by atoms with Crippen LogP contribution < -0.4 is 5.32 Å². The molecule has 3 amide bonds. The van der Waals surface area contributed by atoms with Crippen molar-refractivity contribution in [3.63, 3.8) is 0 Å². The van der Waals surface area contributed by atoms with Crippen molar-refractivity contribution in [2.45, 2.75) is 57.7 Å². The fraction of sp³-hybridized carbons (Fsp3) is 0.448. The van der Waals surface area contributed by atoms with E-state index in [9.17, 15) is 9.59 Å². The summed E-state index contributed by atoms with van der Waals surface area (Å²) >= 11 is 0. The van der Waals surface area contributed by atoms with E-state index in [-0.39, 0.29) is 23.4 Å². The number of nitrogens with zero attached hydrogens (tertiary/aromatic N) is 3. The molecule has 3 aliphatic heterocycles. The van der Waals surface area contributed by atoms with E-state index < -0.39 is 6.04 Å². The molecule has 1 fully saturated rings. The van der Waals surface area contributed by atoms with Crippen LogP contribution >= 0.6 is 0 Å². The summed E-state index contributed by atoms with van der Waals surface area (Å²) < 4.78 is 0. The van der Waals surface area contributed by atoms with Gasteiger partial charge in [0.2, 0.25) is 0 Å². The van der Waals surface area contributed by atoms with Crippen molar-refractivity contribution in [3.8, 4) is 0 Å². The highest BCUT2D eigenvalue weighted by molar-refractivity contribution is 6.01. The van der Waals surface area contributed by atoms with Crippen LogP contribution in [-0.2, 0) is 16.8 Å². The summed E-state index contributed by atoms with van der Waals surface area (Å²) in [4.78, 5) is 32.7. The van der Waals surface area contributed by atoms with Crippen LogP contribution in [0.4, 0.5) is 4.79 Å². The molecule has 1 atom stereocenters. The Balaban J connectivity index is 1.31. The number of likely N-dealkylation sites (N-methyl/N-ethyl adjacent to an activating group) is 1. The maximum atomic E-state index is 13.8. The molecule has 3 aliphatic rings. The smallest absolute Gasteiger partial charge is 0.322 e. The van der Waals surface area contributed by atoms with Gasteiger partial charge in [-0.15, -0.1) is 0 Å². The summed E-state index contributed by atoms with van der Waals surface area (Å²) in [6, 6.07) is 18.5. The van der Waals surface area contributed by atoms with Crippen LogP contribution in [0.1, 0.15) is 56.3 Å². The molecule has 0 spiro atoms. The second-order valence-electron chi connectivity index (χ2n) is 11.1. The highest BCUT2D eigenvalue weighted by atomic mass is 16.2. The molecule has 0 bridgehead atoms. The third kappa shape index (κ3) is 4.59. The Morgan fingerprint density at radius 1 is 0.943 bits per heavy atom. The number of urea groups is 1. The van der Waals surface area contributed by atoms with E-state index in [1.165, 1.54) is 11.1 Å². The molecule has 184 valence electrons. The molecule has 0 aliphatic carbocycles. The lowest BCUT2D eigenvalue weighted by Crippen LogP contribution is -2.46. The first-order valence-electron chi connectivity index (χ1n) is 12.7. The predicted octanol–water partition coefficient (Wildman–Crippen LogP) is 4.44. The second kappa shape index (κ2) is 9.15. The van der Waals surface area contributed by atoms with Gasteiger partial charge in [0.25, 0.3) is 5.91 Å². The van der Waals surface area contributed by atoms with Crippen molar-refractivity contribution in [2.75, 3.05) is 26.7 Å². The van der Waals surface area contributed by atoms with Crippen LogP contribution in [0.5, 0.6) is 0 Å². The van der Waals surface area contributed by atoms with Crippen molar-refractivity contribution >= 4 is 11.9 Å². The Bertz CT molecular complexity index is 1130. The topological polar surface area (TPSA) is 55.9 Å². The van der Waals surface area contributed by atoms with Crippen LogP contribution in [0.3, 0.4) is 0 Å². The Morgan fingerprint density at radius 3 is 2.23 bits per heavy atom. The third-order valence-electron chi connectivity index (χ3n) is 7.75. The Labute approximate surface area is 208 Å². The molecule has 1 N–H and O–H groups in total. The van der Waals surface area contributed by atoms with Gasteiger partial charge in [-0.1, -0.05) is 75.4 Å². The first kappa shape index (κ1) is 23.6. The van der Waals surface area contributed by atoms with Crippen LogP contribution in [0.25, 0.3) is 0 Å². The van der Waals surface area contributed by atoms with Crippen LogP contribution in [-0.4, -0.2) is 59.4 Å². The van der Waals surface area contributed by atoms with Gasteiger partial charge in [0.1, 0.15) is 0 Å². The molecule has 35 heavy (non-hydrogen) atoms. The molecule has 2 aromatic rings. The molecule has 5 rings (SSSR count). The summed E-state index contributed by atoms with van der Waals surface area (Å²) in [6.45, 7) is 9.95. The van der Waals surface area contributed by atoms with Gasteiger partial charge in [-0.3, -0.25) is 14.6 Å². The number of benzene rings is 2. The molecule has 0 radical (unpaired) electrons. The maximum Gasteiger partial charge on any atom is 0.322 e. The van der Waals surface area contributed by atoms with E-state index in [0.717, 1.165) is 49.3 Å². The standard InChI is InChI=1S/C29H36N4O2/c1-29(2,3)22-12-10-21(11-13-22)26-25-24(31(4)28(35)30-26)19-33(27(25)34)23-14-16-32(17-15-23)18-20-8-6-5-7-9-20/h5-13,23,26H,14-19H2,1-4H3,(H,30,35). The van der Waals surface area contributed by atoms with Gasteiger partial charge < -0.3 is 10.2 Å². The minimum absolute atomic E-state index is 0.0499. The lowest BCUT2D eigenvalue weighted by Gasteiger charge is -2.37. The number of carbonyl (C=O) groups excluding carboxylic acids is 2. The molecule has 6 nitrogen and oxygen atoms in total. The van der Waals surface area contributed by atoms with Crippen molar-refractivity contribution < 1.29 is 9.59 Å². The molecule has 2 aromatic carbocycles. The maximum absolute atomic E-state index is 13.8. The lowest BCUT2D eigenvalue weighted by molar-refractivity contribution is -0.128. The van der Waals surface area contributed by atoms with Gasteiger partial charge in [0.15, 0.2) is 0 Å². The number of rotatable bonds is 4. The van der Waals surface area contributed by atoms with Gasteiger partial charge >= 0.3 is 6.03 Å². The highest BCUT2D eigenvalue weighted by Crippen LogP contribution is 2.38. The van der Waals surface area contributed by atoms with Gasteiger partial charge in [-0.2, -0.15) is 0 Å². The minimum Gasteiger partial charge on any atom is -0.330 e. The first-order chi connectivity index (χ1) is 16.7. The van der Waals surface area contributed by atoms with E-state index in [2.05, 4.69) is 79.5 Å². The van der Waals surface area contributed by atoms with Crippen molar-refractivity contribution in [1.82, 2.24) is 20.0 Å². The number of nitrogens with one attached hydrogen (secondary N) is 1. The second-order valence-corrected chi connectivity index (χ2v) is 11.1. The highest BCUT2D eigenvalue weighted by Gasteiger charge is 2.45. The Hall–Kier alpha value is -3.12. The van der Waals surface area contributed by atoms with E-state index >= 15 is 0 Å². The van der Waals surface area contributed by atoms with E-state index in [1.807, 2.05) is 11.0 Å². The quantitative estimate of drug-likeness (QED) is 0.716. The van der Waals surface area contributed by atoms with E-state index in [0.29, 0.717) is 6.54 Å². The molecule has 6 heteroatoms. The number of piperidine rings is 1. The van der Waals surface area contributed by atoms with Gasteiger partial charge in [0, 0.05) is 32.7 Å². The SMILES string of the molecule is CN1C(=O)NC(c2ccc(C(C)(C)C)cc2)C2=C1CN(C1CCN(Cc3ccccc3)CC1)C2=O. The van der Waals surface area contributed by atoms with Gasteiger partial charge in [0.05, 0.1) is 23.9 Å². The van der Waals surface area contributed by atoms with Gasteiger partial charge in [-0.05, 0) is 34.9 Å². The normalized spacial score (nSPS) is 22.0. The van der Waals surface area contributed by atoms with Crippen LogP contribution in [0.2, 0.25) is 0 Å². The zero-order valence-corrected chi connectivity index (χ0v) is 21.3. The van der Waals surface area contributed by atoms with Gasteiger partial charge in [-0.25, -0.2) is 4.79 Å². The minimum atomic E-state index is -0.404. The predicted molar refractivity (Wildman–Crippen MR) is 138 cm³/mol. The molecule has 0 aromatic heterocycles. The third-order valence-corrected chi connectivity index (χ3v) is 7.75. The fourth-order valence-corrected chi connectivity index (χ4v) is 5.54. The summed E-state index contributed by atoms with van der Waals surface area (Å²) in [5.41, 5.74) is 5.13. The molecule has 1 saturated heterocycles.